The lowest BCUT2D eigenvalue weighted by Crippen LogP contribution is -2.38. The van der Waals surface area contributed by atoms with Crippen LogP contribution in [0, 0.1) is 5.92 Å². The lowest BCUT2D eigenvalue weighted by atomic mass is 9.81. The summed E-state index contributed by atoms with van der Waals surface area (Å²) in [5, 5.41) is 0. The topological polar surface area (TPSA) is 21.1 Å². The van der Waals surface area contributed by atoms with Gasteiger partial charge in [0.2, 0.25) is 0 Å². The molecule has 0 aliphatic carbocycles. The summed E-state index contributed by atoms with van der Waals surface area (Å²) < 4.78 is 4.77. The Kier molecular flexibility index (Phi) is 2.28. The minimum atomic E-state index is 0.727. The molecule has 3 rings (SSSR count). The lowest BCUT2D eigenvalue weighted by Gasteiger charge is -2.38. The Morgan fingerprint density at radius 2 is 2.29 bits per heavy atom. The Labute approximate surface area is 98.0 Å². The van der Waals surface area contributed by atoms with E-state index < -0.39 is 0 Å². The van der Waals surface area contributed by atoms with Crippen molar-refractivity contribution in [2.45, 2.75) is 25.3 Å². The van der Waals surface area contributed by atoms with Crippen molar-refractivity contribution >= 4 is 22.9 Å². The average molecular weight is 303 g/mol. The first-order valence-corrected chi connectivity index (χ1v) is 6.23. The van der Waals surface area contributed by atoms with Crippen molar-refractivity contribution in [3.8, 4) is 0 Å². The molecule has 1 aromatic heterocycles. The Morgan fingerprint density at radius 1 is 1.36 bits per heavy atom. The van der Waals surface area contributed by atoms with Gasteiger partial charge in [-0.1, -0.05) is 0 Å². The van der Waals surface area contributed by atoms with Gasteiger partial charge in [-0.3, -0.25) is 0 Å². The van der Waals surface area contributed by atoms with E-state index in [1.165, 1.54) is 38.3 Å². The van der Waals surface area contributed by atoms with Crippen LogP contribution in [0.15, 0.2) is 12.4 Å². The van der Waals surface area contributed by atoms with Crippen LogP contribution >= 0.6 is 22.9 Å². The van der Waals surface area contributed by atoms with Gasteiger partial charge in [0.25, 0.3) is 0 Å². The number of piperidine rings is 1. The maximum atomic E-state index is 4.51. The van der Waals surface area contributed by atoms with E-state index in [1.54, 1.807) is 0 Å². The smallest absolute Gasteiger partial charge is 0.112 e. The Hall–Kier alpha value is -0.100. The van der Waals surface area contributed by atoms with Crippen LogP contribution < -0.4 is 0 Å². The van der Waals surface area contributed by atoms with E-state index in [9.17, 15) is 0 Å². The van der Waals surface area contributed by atoms with Crippen molar-refractivity contribution in [3.05, 3.63) is 18.2 Å². The van der Waals surface area contributed by atoms with Crippen LogP contribution in [0.4, 0.5) is 0 Å². The third kappa shape index (κ3) is 1.39. The van der Waals surface area contributed by atoms with Crippen molar-refractivity contribution in [1.82, 2.24) is 12.7 Å². The fraction of sp³-hybridized carbons (Fsp3) is 0.700. The number of hydrogen-bond acceptors (Lipinski definition) is 2. The first-order chi connectivity index (χ1) is 6.84. The number of aromatic nitrogens is 2. The second-order valence-electron chi connectivity index (χ2n) is 4.29. The molecule has 0 bridgehead atoms. The zero-order valence-corrected chi connectivity index (χ0v) is 10.2. The van der Waals surface area contributed by atoms with E-state index in [4.69, 9.17) is 0 Å². The molecule has 1 fully saturated rings. The van der Waals surface area contributed by atoms with E-state index in [1.807, 2.05) is 6.20 Å². The molecule has 76 valence electrons. The highest BCUT2D eigenvalue weighted by Gasteiger charge is 2.34. The van der Waals surface area contributed by atoms with Crippen LogP contribution in [0.25, 0.3) is 0 Å². The number of imidazole rings is 1. The first kappa shape index (κ1) is 9.15. The number of hydrogen-bond donors (Lipinski definition) is 0. The molecule has 0 amide bonds. The Bertz CT molecular complexity index is 336. The van der Waals surface area contributed by atoms with Gasteiger partial charge < -0.3 is 4.57 Å². The number of aryl methyl sites for hydroxylation is 1. The molecule has 3 nitrogen and oxygen atoms in total. The molecule has 2 aliphatic rings. The van der Waals surface area contributed by atoms with Gasteiger partial charge in [0.1, 0.15) is 5.82 Å². The van der Waals surface area contributed by atoms with Gasteiger partial charge in [-0.25, -0.2) is 8.10 Å². The molecule has 2 aliphatic heterocycles. The highest BCUT2D eigenvalue weighted by molar-refractivity contribution is 14.1. The maximum absolute atomic E-state index is 4.51. The summed E-state index contributed by atoms with van der Waals surface area (Å²) in [7, 11) is 0. The molecule has 0 N–H and O–H groups in total. The van der Waals surface area contributed by atoms with Gasteiger partial charge >= 0.3 is 0 Å². The monoisotopic (exact) mass is 303 g/mol. The third-order valence-electron chi connectivity index (χ3n) is 3.50. The van der Waals surface area contributed by atoms with Gasteiger partial charge in [-0.2, -0.15) is 0 Å². The van der Waals surface area contributed by atoms with Crippen LogP contribution in [0.2, 0.25) is 0 Å². The number of fused-ring (bicyclic) bond motifs is 3. The molecule has 4 heteroatoms. The van der Waals surface area contributed by atoms with E-state index in [0.717, 1.165) is 11.8 Å². The molecule has 0 spiro atoms. The third-order valence-corrected chi connectivity index (χ3v) is 4.38. The van der Waals surface area contributed by atoms with Crippen LogP contribution in [0.5, 0.6) is 0 Å². The zero-order valence-electron chi connectivity index (χ0n) is 8.06. The molecule has 0 saturated carbocycles. The van der Waals surface area contributed by atoms with E-state index >= 15 is 0 Å². The van der Waals surface area contributed by atoms with Gasteiger partial charge in [-0.05, 0) is 18.8 Å². The summed E-state index contributed by atoms with van der Waals surface area (Å²) in [6, 6.07) is 0. The first-order valence-electron chi connectivity index (χ1n) is 5.26. The van der Waals surface area contributed by atoms with Crippen molar-refractivity contribution in [2.75, 3.05) is 13.1 Å². The molecule has 0 radical (unpaired) electrons. The SMILES string of the molecule is IN1CCC2c3nccn3CCC2C1. The second kappa shape index (κ2) is 3.48. The van der Waals surface area contributed by atoms with Gasteiger partial charge in [0, 0.05) is 60.8 Å². The minimum absolute atomic E-state index is 0.727. The molecule has 1 aromatic rings. The average Bonchev–Trinajstić information content (AvgIpc) is 2.65. The Morgan fingerprint density at radius 3 is 3.21 bits per heavy atom. The highest BCUT2D eigenvalue weighted by atomic mass is 127. The molecule has 1 saturated heterocycles. The summed E-state index contributed by atoms with van der Waals surface area (Å²) >= 11 is 2.45. The number of rotatable bonds is 0. The standard InChI is InChI=1S/C10H14IN3/c11-14-5-2-9-8(7-14)1-4-13-6-3-12-10(9)13/h3,6,8-9H,1-2,4-5,7H2. The second-order valence-corrected chi connectivity index (χ2v) is 5.66. The van der Waals surface area contributed by atoms with Crippen molar-refractivity contribution in [3.63, 3.8) is 0 Å². The minimum Gasteiger partial charge on any atom is -0.335 e. The largest absolute Gasteiger partial charge is 0.335 e. The highest BCUT2D eigenvalue weighted by Crippen LogP contribution is 2.38. The maximum Gasteiger partial charge on any atom is 0.112 e. The molecule has 2 atom stereocenters. The molecule has 14 heavy (non-hydrogen) atoms. The van der Waals surface area contributed by atoms with Gasteiger partial charge in [-0.15, -0.1) is 0 Å². The van der Waals surface area contributed by atoms with Gasteiger partial charge in [0.15, 0.2) is 0 Å². The predicted molar refractivity (Wildman–Crippen MR) is 63.3 cm³/mol. The fourth-order valence-electron chi connectivity index (χ4n) is 2.76. The summed E-state index contributed by atoms with van der Waals surface area (Å²) in [5.74, 6) is 2.91. The number of nitrogens with zero attached hydrogens (tertiary/aromatic N) is 3. The molecule has 0 aromatic carbocycles. The molecule has 2 unspecified atom stereocenters. The van der Waals surface area contributed by atoms with Crippen LogP contribution in [-0.4, -0.2) is 25.8 Å². The van der Waals surface area contributed by atoms with Crippen molar-refractivity contribution in [1.29, 1.82) is 0 Å². The number of halogens is 1. The molecular formula is C10H14IN3. The summed E-state index contributed by atoms with van der Waals surface area (Å²) in [5.41, 5.74) is 0. The van der Waals surface area contributed by atoms with E-state index in [0.29, 0.717) is 0 Å². The molecular weight excluding hydrogens is 289 g/mol. The van der Waals surface area contributed by atoms with Crippen LogP contribution in [-0.2, 0) is 6.54 Å². The van der Waals surface area contributed by atoms with E-state index in [-0.39, 0.29) is 0 Å². The van der Waals surface area contributed by atoms with Gasteiger partial charge in [0.05, 0.1) is 0 Å². The Balaban J connectivity index is 1.91. The molecule has 3 heterocycles. The normalized spacial score (nSPS) is 32.4. The van der Waals surface area contributed by atoms with Crippen LogP contribution in [0.3, 0.4) is 0 Å². The van der Waals surface area contributed by atoms with Crippen molar-refractivity contribution < 1.29 is 0 Å². The van der Waals surface area contributed by atoms with Crippen molar-refractivity contribution in [2.24, 2.45) is 5.92 Å². The van der Waals surface area contributed by atoms with E-state index in [2.05, 4.69) is 41.7 Å². The summed E-state index contributed by atoms with van der Waals surface area (Å²) in [6.07, 6.45) is 6.69. The lowest BCUT2D eigenvalue weighted by molar-refractivity contribution is 0.209. The predicted octanol–water partition coefficient (Wildman–Crippen LogP) is 2.04. The quantitative estimate of drug-likeness (QED) is 0.540. The zero-order chi connectivity index (χ0) is 9.54. The summed E-state index contributed by atoms with van der Waals surface area (Å²) in [6.45, 7) is 3.63. The fourth-order valence-corrected chi connectivity index (χ4v) is 3.55. The summed E-state index contributed by atoms with van der Waals surface area (Å²) in [4.78, 5) is 4.51. The van der Waals surface area contributed by atoms with Crippen LogP contribution in [0.1, 0.15) is 24.6 Å².